The van der Waals surface area contributed by atoms with Gasteiger partial charge in [0.25, 0.3) is 5.91 Å². The van der Waals surface area contributed by atoms with Crippen LogP contribution in [0.3, 0.4) is 0 Å². The average Bonchev–Trinajstić information content (AvgIpc) is 3.26. The fourth-order valence-corrected chi connectivity index (χ4v) is 3.27. The molecule has 3 aromatic rings. The van der Waals surface area contributed by atoms with Gasteiger partial charge in [-0.1, -0.05) is 35.8 Å². The summed E-state index contributed by atoms with van der Waals surface area (Å²) in [5.41, 5.74) is 3.28. The van der Waals surface area contributed by atoms with E-state index in [2.05, 4.69) is 21.1 Å². The van der Waals surface area contributed by atoms with Crippen molar-refractivity contribution < 1.29 is 19.2 Å². The van der Waals surface area contributed by atoms with Gasteiger partial charge in [-0.25, -0.2) is 0 Å². The van der Waals surface area contributed by atoms with E-state index in [0.29, 0.717) is 29.6 Å². The van der Waals surface area contributed by atoms with Gasteiger partial charge in [-0.2, -0.15) is 0 Å². The second kappa shape index (κ2) is 11.0. The Kier molecular flexibility index (Phi) is 8.08. The van der Waals surface area contributed by atoms with Crippen molar-refractivity contribution in [2.45, 2.75) is 33.4 Å². The number of carboxylic acids is 1. The van der Waals surface area contributed by atoms with Crippen LogP contribution >= 0.6 is 11.6 Å². The quantitative estimate of drug-likeness (QED) is 0.333. The summed E-state index contributed by atoms with van der Waals surface area (Å²) in [5, 5.41) is 22.5. The summed E-state index contributed by atoms with van der Waals surface area (Å²) in [6, 6.07) is 14.6. The maximum atomic E-state index is 12.6. The molecule has 0 saturated carbocycles. The lowest BCUT2D eigenvalue weighted by Crippen LogP contribution is -2.25. The molecule has 33 heavy (non-hydrogen) atoms. The van der Waals surface area contributed by atoms with Gasteiger partial charge < -0.3 is 25.6 Å². The first-order valence-electron chi connectivity index (χ1n) is 10.6. The number of nitrogens with zero attached hydrogens (tertiary/aromatic N) is 1. The minimum Gasteiger partial charge on any atom is -0.481 e. The van der Waals surface area contributed by atoms with E-state index in [1.54, 1.807) is 31.2 Å². The molecular weight excluding hydrogens is 444 g/mol. The van der Waals surface area contributed by atoms with Gasteiger partial charge in [0.2, 0.25) is 0 Å². The van der Waals surface area contributed by atoms with Gasteiger partial charge in [0, 0.05) is 36.4 Å². The molecule has 0 radical (unpaired) electrons. The molecule has 0 spiro atoms. The van der Waals surface area contributed by atoms with Crippen LogP contribution in [-0.2, 0) is 11.3 Å². The standard InChI is InChI=1S/C24H27ClN4O4/c1-14(2)27-20-9-6-17(10-19(20)25)22-11-21(29-33-22)23(30)28-18-7-4-16(5-8-18)13-26-12-15(3)24(31)32/h4-11,14-15,26-27H,12-13H2,1-3H3,(H,28,30)(H,31,32). The fourth-order valence-electron chi connectivity index (χ4n) is 3.04. The molecule has 174 valence electrons. The first-order valence-corrected chi connectivity index (χ1v) is 11.0. The molecule has 1 unspecified atom stereocenters. The molecule has 3 rings (SSSR count). The van der Waals surface area contributed by atoms with Gasteiger partial charge in [0.1, 0.15) is 0 Å². The van der Waals surface area contributed by atoms with E-state index in [4.69, 9.17) is 21.2 Å². The van der Waals surface area contributed by atoms with Crippen LogP contribution in [-0.4, -0.2) is 34.7 Å². The van der Waals surface area contributed by atoms with E-state index in [1.165, 1.54) is 0 Å². The van der Waals surface area contributed by atoms with Gasteiger partial charge in [0.15, 0.2) is 11.5 Å². The number of halogens is 1. The lowest BCUT2D eigenvalue weighted by atomic mass is 10.1. The Hall–Kier alpha value is -3.36. The van der Waals surface area contributed by atoms with Crippen molar-refractivity contribution in [3.05, 3.63) is 64.8 Å². The van der Waals surface area contributed by atoms with Crippen LogP contribution in [0.2, 0.25) is 5.02 Å². The van der Waals surface area contributed by atoms with E-state index >= 15 is 0 Å². The van der Waals surface area contributed by atoms with Crippen LogP contribution in [0.1, 0.15) is 36.8 Å². The van der Waals surface area contributed by atoms with Crippen molar-refractivity contribution in [1.29, 1.82) is 0 Å². The summed E-state index contributed by atoms with van der Waals surface area (Å²) in [7, 11) is 0. The molecule has 1 aromatic heterocycles. The molecule has 9 heteroatoms. The third kappa shape index (κ3) is 6.81. The van der Waals surface area contributed by atoms with Crippen molar-refractivity contribution in [3.63, 3.8) is 0 Å². The Labute approximate surface area is 197 Å². The van der Waals surface area contributed by atoms with Crippen LogP contribution in [0, 0.1) is 5.92 Å². The zero-order valence-corrected chi connectivity index (χ0v) is 19.4. The Balaban J connectivity index is 1.58. The lowest BCUT2D eigenvalue weighted by Gasteiger charge is -2.12. The lowest BCUT2D eigenvalue weighted by molar-refractivity contribution is -0.140. The number of amides is 1. The summed E-state index contributed by atoms with van der Waals surface area (Å²) < 4.78 is 5.35. The van der Waals surface area contributed by atoms with E-state index in [-0.39, 0.29) is 11.7 Å². The molecule has 8 nitrogen and oxygen atoms in total. The SMILES string of the molecule is CC(C)Nc1ccc(-c2cc(C(=O)Nc3ccc(CNCC(C)C(=O)O)cc3)no2)cc1Cl. The molecule has 0 fully saturated rings. The second-order valence-corrected chi connectivity index (χ2v) is 8.50. The highest BCUT2D eigenvalue weighted by Crippen LogP contribution is 2.29. The average molecular weight is 471 g/mol. The zero-order valence-electron chi connectivity index (χ0n) is 18.7. The maximum Gasteiger partial charge on any atom is 0.307 e. The molecule has 0 bridgehead atoms. The maximum absolute atomic E-state index is 12.6. The molecule has 2 aromatic carbocycles. The van der Waals surface area contributed by atoms with Gasteiger partial charge >= 0.3 is 5.97 Å². The number of carbonyl (C=O) groups is 2. The van der Waals surface area contributed by atoms with Crippen LogP contribution in [0.5, 0.6) is 0 Å². The number of benzene rings is 2. The number of nitrogens with one attached hydrogen (secondary N) is 3. The van der Waals surface area contributed by atoms with Gasteiger partial charge in [-0.15, -0.1) is 0 Å². The monoisotopic (exact) mass is 470 g/mol. The van der Waals surface area contributed by atoms with Gasteiger partial charge in [-0.05, 0) is 49.7 Å². The molecule has 0 aliphatic rings. The highest BCUT2D eigenvalue weighted by Gasteiger charge is 2.15. The number of anilines is 2. The zero-order chi connectivity index (χ0) is 24.0. The van der Waals surface area contributed by atoms with Gasteiger partial charge in [-0.3, -0.25) is 9.59 Å². The number of carboxylic acid groups (broad SMARTS) is 1. The summed E-state index contributed by atoms with van der Waals surface area (Å²) in [6.45, 7) is 6.62. The minimum atomic E-state index is -0.833. The van der Waals surface area contributed by atoms with Crippen LogP contribution in [0.15, 0.2) is 53.1 Å². The van der Waals surface area contributed by atoms with Crippen molar-refractivity contribution in [2.24, 2.45) is 5.92 Å². The highest BCUT2D eigenvalue weighted by molar-refractivity contribution is 6.33. The van der Waals surface area contributed by atoms with E-state index in [9.17, 15) is 9.59 Å². The van der Waals surface area contributed by atoms with Crippen LogP contribution < -0.4 is 16.0 Å². The summed E-state index contributed by atoms with van der Waals surface area (Å²) in [5.74, 6) is -1.24. The molecule has 1 heterocycles. The Bertz CT molecular complexity index is 1110. The molecule has 0 aliphatic heterocycles. The van der Waals surface area contributed by atoms with Crippen LogP contribution in [0.25, 0.3) is 11.3 Å². The number of hydrogen-bond acceptors (Lipinski definition) is 6. The highest BCUT2D eigenvalue weighted by atomic mass is 35.5. The van der Waals surface area contributed by atoms with Gasteiger partial charge in [0.05, 0.1) is 16.6 Å². The number of carbonyl (C=O) groups excluding carboxylic acids is 1. The fraction of sp³-hybridized carbons (Fsp3) is 0.292. The number of rotatable bonds is 10. The molecule has 4 N–H and O–H groups in total. The smallest absolute Gasteiger partial charge is 0.307 e. The van der Waals surface area contributed by atoms with Crippen molar-refractivity contribution in [3.8, 4) is 11.3 Å². The largest absolute Gasteiger partial charge is 0.481 e. The topological polar surface area (TPSA) is 116 Å². The minimum absolute atomic E-state index is 0.152. The summed E-state index contributed by atoms with van der Waals surface area (Å²) in [6.07, 6.45) is 0. The second-order valence-electron chi connectivity index (χ2n) is 8.09. The predicted molar refractivity (Wildman–Crippen MR) is 129 cm³/mol. The van der Waals surface area contributed by atoms with Crippen molar-refractivity contribution in [2.75, 3.05) is 17.2 Å². The third-order valence-electron chi connectivity index (χ3n) is 4.85. The summed E-state index contributed by atoms with van der Waals surface area (Å²) >= 11 is 6.34. The Morgan fingerprint density at radius 3 is 2.45 bits per heavy atom. The molecule has 0 aliphatic carbocycles. The predicted octanol–water partition coefficient (Wildman–Crippen LogP) is 4.88. The Morgan fingerprint density at radius 1 is 1.09 bits per heavy atom. The van der Waals surface area contributed by atoms with Crippen LogP contribution in [0.4, 0.5) is 11.4 Å². The normalized spacial score (nSPS) is 11.9. The molecule has 1 atom stereocenters. The molecular formula is C24H27ClN4O4. The number of aromatic nitrogens is 1. The summed E-state index contributed by atoms with van der Waals surface area (Å²) in [4.78, 5) is 23.4. The first kappa shape index (κ1) is 24.3. The van der Waals surface area contributed by atoms with E-state index in [0.717, 1.165) is 16.8 Å². The first-order chi connectivity index (χ1) is 15.7. The Morgan fingerprint density at radius 2 is 1.82 bits per heavy atom. The third-order valence-corrected chi connectivity index (χ3v) is 5.17. The molecule has 0 saturated heterocycles. The van der Waals surface area contributed by atoms with Crippen molar-refractivity contribution in [1.82, 2.24) is 10.5 Å². The van der Waals surface area contributed by atoms with E-state index in [1.807, 2.05) is 38.1 Å². The number of hydrogen-bond donors (Lipinski definition) is 4. The van der Waals surface area contributed by atoms with Crippen molar-refractivity contribution >= 4 is 34.9 Å². The molecule has 1 amide bonds. The number of aliphatic carboxylic acids is 1. The van der Waals surface area contributed by atoms with E-state index < -0.39 is 17.8 Å².